The molecule has 0 aromatic heterocycles. The molecule has 0 amide bonds. The van der Waals surface area contributed by atoms with Gasteiger partial charge in [-0.1, -0.05) is 0 Å². The van der Waals surface area contributed by atoms with Gasteiger partial charge < -0.3 is 14.8 Å². The van der Waals surface area contributed by atoms with Gasteiger partial charge in [0.1, 0.15) is 0 Å². The van der Waals surface area contributed by atoms with Gasteiger partial charge in [-0.2, -0.15) is 0 Å². The Morgan fingerprint density at radius 1 is 1.13 bits per heavy atom. The van der Waals surface area contributed by atoms with E-state index in [0.29, 0.717) is 12.0 Å². The van der Waals surface area contributed by atoms with E-state index in [4.69, 9.17) is 9.47 Å². The van der Waals surface area contributed by atoms with Crippen LogP contribution < -0.4 is 5.32 Å². The summed E-state index contributed by atoms with van der Waals surface area (Å²) in [5, 5.41) is 3.43. The lowest BCUT2D eigenvalue weighted by atomic mass is 9.60. The van der Waals surface area contributed by atoms with Gasteiger partial charge in [0.15, 0.2) is 5.79 Å². The van der Waals surface area contributed by atoms with Gasteiger partial charge in [0.2, 0.25) is 0 Å². The zero-order valence-electron chi connectivity index (χ0n) is 9.20. The topological polar surface area (TPSA) is 30.5 Å². The lowest BCUT2D eigenvalue weighted by molar-refractivity contribution is -0.252. The molecule has 1 saturated heterocycles. The summed E-state index contributed by atoms with van der Waals surface area (Å²) in [6.07, 6.45) is 4.94. The fourth-order valence-corrected chi connectivity index (χ4v) is 3.50. The molecule has 3 nitrogen and oxygen atoms in total. The molecule has 1 N–H and O–H groups in total. The maximum absolute atomic E-state index is 5.86. The average Bonchev–Trinajstić information content (AvgIpc) is 2.58. The smallest absolute Gasteiger partial charge is 0.171 e. The Morgan fingerprint density at radius 2 is 1.87 bits per heavy atom. The van der Waals surface area contributed by atoms with Gasteiger partial charge in [0.05, 0.1) is 13.2 Å². The van der Waals surface area contributed by atoms with Crippen LogP contribution in [0.1, 0.15) is 25.7 Å². The summed E-state index contributed by atoms with van der Waals surface area (Å²) in [6, 6.07) is 0.701. The highest BCUT2D eigenvalue weighted by Crippen LogP contribution is 2.53. The van der Waals surface area contributed by atoms with E-state index in [2.05, 4.69) is 12.4 Å². The second-order valence-corrected chi connectivity index (χ2v) is 4.79. The Bertz CT molecular complexity index is 231. The molecule has 1 aliphatic heterocycles. The molecule has 2 aliphatic carbocycles. The Balaban J connectivity index is 0.000000853. The molecular formula is C11H20ClNO2. The van der Waals surface area contributed by atoms with Crippen molar-refractivity contribution in [1.29, 1.82) is 0 Å². The minimum Gasteiger partial charge on any atom is -0.347 e. The summed E-state index contributed by atoms with van der Waals surface area (Å²) in [4.78, 5) is 0. The Morgan fingerprint density at radius 3 is 2.40 bits per heavy atom. The van der Waals surface area contributed by atoms with Crippen LogP contribution in [0.3, 0.4) is 0 Å². The van der Waals surface area contributed by atoms with Crippen LogP contribution in [0.25, 0.3) is 0 Å². The maximum atomic E-state index is 5.86. The fourth-order valence-electron chi connectivity index (χ4n) is 3.50. The molecule has 3 aliphatic rings. The minimum atomic E-state index is -0.170. The first kappa shape index (κ1) is 11.6. The van der Waals surface area contributed by atoms with Gasteiger partial charge in [0, 0.05) is 18.4 Å². The van der Waals surface area contributed by atoms with Crippen LogP contribution in [-0.4, -0.2) is 32.1 Å². The Hall–Kier alpha value is 0.170. The van der Waals surface area contributed by atoms with Crippen molar-refractivity contribution < 1.29 is 9.47 Å². The molecule has 0 aromatic carbocycles. The summed E-state index contributed by atoms with van der Waals surface area (Å²) in [6.45, 7) is 1.60. The minimum absolute atomic E-state index is 0. The second kappa shape index (κ2) is 4.21. The average molecular weight is 234 g/mol. The van der Waals surface area contributed by atoms with E-state index in [-0.39, 0.29) is 18.2 Å². The summed E-state index contributed by atoms with van der Waals surface area (Å²) < 4.78 is 11.7. The molecule has 3 fully saturated rings. The molecular weight excluding hydrogens is 214 g/mol. The highest BCUT2D eigenvalue weighted by atomic mass is 35.5. The largest absolute Gasteiger partial charge is 0.347 e. The molecule has 0 radical (unpaired) electrons. The molecule has 3 unspecified atom stereocenters. The number of halogens is 1. The highest BCUT2D eigenvalue weighted by Gasteiger charge is 2.56. The lowest BCUT2D eigenvalue weighted by Crippen LogP contribution is -2.58. The van der Waals surface area contributed by atoms with Crippen LogP contribution >= 0.6 is 12.4 Å². The third kappa shape index (κ3) is 1.60. The molecule has 3 rings (SSSR count). The van der Waals surface area contributed by atoms with Crippen LogP contribution in [0.15, 0.2) is 0 Å². The van der Waals surface area contributed by atoms with E-state index in [1.54, 1.807) is 0 Å². The molecule has 2 saturated carbocycles. The summed E-state index contributed by atoms with van der Waals surface area (Å²) in [5.74, 6) is 1.29. The predicted octanol–water partition coefficient (Wildman–Crippen LogP) is 1.56. The molecule has 15 heavy (non-hydrogen) atoms. The standard InChI is InChI=1S/C11H19NO2.ClH/c1-12-10-4-5-11(13-6-7-14-11)9-3-2-8(9)10;/h8-10,12H,2-7H2,1H3;1H. The first-order valence-electron chi connectivity index (χ1n) is 5.81. The van der Waals surface area contributed by atoms with Crippen molar-refractivity contribution in [2.24, 2.45) is 11.8 Å². The van der Waals surface area contributed by atoms with E-state index < -0.39 is 0 Å². The predicted molar refractivity (Wildman–Crippen MR) is 60.2 cm³/mol. The van der Waals surface area contributed by atoms with E-state index in [1.807, 2.05) is 0 Å². The van der Waals surface area contributed by atoms with E-state index in [9.17, 15) is 0 Å². The number of fused-ring (bicyclic) bond motifs is 2. The number of hydrogen-bond acceptors (Lipinski definition) is 3. The Labute approximate surface area is 97.3 Å². The SMILES string of the molecule is CNC1CCC2(OCCO2)C2CCC12.Cl. The van der Waals surface area contributed by atoms with Gasteiger partial charge in [-0.25, -0.2) is 0 Å². The van der Waals surface area contributed by atoms with Crippen molar-refractivity contribution in [1.82, 2.24) is 5.32 Å². The zero-order chi connectivity index (χ0) is 9.60. The monoisotopic (exact) mass is 233 g/mol. The van der Waals surface area contributed by atoms with Crippen LogP contribution in [0, 0.1) is 11.8 Å². The van der Waals surface area contributed by atoms with Crippen LogP contribution in [0.5, 0.6) is 0 Å². The summed E-state index contributed by atoms with van der Waals surface area (Å²) >= 11 is 0. The van der Waals surface area contributed by atoms with Crippen molar-refractivity contribution in [2.45, 2.75) is 37.5 Å². The number of nitrogens with one attached hydrogen (secondary N) is 1. The van der Waals surface area contributed by atoms with Crippen LogP contribution in [0.4, 0.5) is 0 Å². The molecule has 0 aromatic rings. The lowest BCUT2D eigenvalue weighted by Gasteiger charge is -2.54. The first-order chi connectivity index (χ1) is 6.86. The quantitative estimate of drug-likeness (QED) is 0.746. The molecule has 4 heteroatoms. The van der Waals surface area contributed by atoms with Crippen molar-refractivity contribution in [2.75, 3.05) is 20.3 Å². The van der Waals surface area contributed by atoms with Gasteiger partial charge in [-0.05, 0) is 32.2 Å². The van der Waals surface area contributed by atoms with Gasteiger partial charge in [-0.15, -0.1) is 12.4 Å². The van der Waals surface area contributed by atoms with Crippen LogP contribution in [-0.2, 0) is 9.47 Å². The van der Waals surface area contributed by atoms with Crippen molar-refractivity contribution >= 4 is 12.4 Å². The van der Waals surface area contributed by atoms with Gasteiger partial charge in [-0.3, -0.25) is 0 Å². The van der Waals surface area contributed by atoms with E-state index >= 15 is 0 Å². The zero-order valence-corrected chi connectivity index (χ0v) is 10.0. The number of rotatable bonds is 1. The van der Waals surface area contributed by atoms with Gasteiger partial charge >= 0.3 is 0 Å². The van der Waals surface area contributed by atoms with E-state index in [1.165, 1.54) is 19.3 Å². The molecule has 3 atom stereocenters. The van der Waals surface area contributed by atoms with Crippen LogP contribution in [0.2, 0.25) is 0 Å². The third-order valence-electron chi connectivity index (χ3n) is 4.36. The van der Waals surface area contributed by atoms with Crippen molar-refractivity contribution in [3.8, 4) is 0 Å². The first-order valence-corrected chi connectivity index (χ1v) is 5.81. The summed E-state index contributed by atoms with van der Waals surface area (Å²) in [7, 11) is 2.08. The fraction of sp³-hybridized carbons (Fsp3) is 1.00. The Kier molecular flexibility index (Phi) is 3.27. The molecule has 0 bridgehead atoms. The van der Waals surface area contributed by atoms with Gasteiger partial charge in [0.25, 0.3) is 0 Å². The summed E-state index contributed by atoms with van der Waals surface area (Å²) in [5.41, 5.74) is 0. The van der Waals surface area contributed by atoms with E-state index in [0.717, 1.165) is 25.6 Å². The molecule has 1 spiro atoms. The van der Waals surface area contributed by atoms with Crippen molar-refractivity contribution in [3.05, 3.63) is 0 Å². The number of hydrogen-bond donors (Lipinski definition) is 1. The number of ether oxygens (including phenoxy) is 2. The second-order valence-electron chi connectivity index (χ2n) is 4.79. The highest BCUT2D eigenvalue weighted by molar-refractivity contribution is 5.85. The molecule has 1 heterocycles. The third-order valence-corrected chi connectivity index (χ3v) is 4.36. The maximum Gasteiger partial charge on any atom is 0.171 e. The van der Waals surface area contributed by atoms with Crippen molar-refractivity contribution in [3.63, 3.8) is 0 Å². The normalized spacial score (nSPS) is 41.8. The molecule has 88 valence electrons.